The van der Waals surface area contributed by atoms with E-state index in [-0.39, 0.29) is 44.7 Å². The average Bonchev–Trinajstić information content (AvgIpc) is 2.82. The van der Waals surface area contributed by atoms with Crippen LogP contribution in [0.3, 0.4) is 0 Å². The molecule has 0 bridgehead atoms. The first kappa shape index (κ1) is 33.2. The highest BCUT2D eigenvalue weighted by molar-refractivity contribution is 5.92. The number of alkyl carbamates (subject to hydrolysis) is 1. The second-order valence-electron chi connectivity index (χ2n) is 9.75. The normalized spacial score (nSPS) is 12.6. The van der Waals surface area contributed by atoms with Crippen molar-refractivity contribution < 1.29 is 43.7 Å². The highest BCUT2D eigenvalue weighted by atomic mass is 16.6. The maximum atomic E-state index is 13.8. The number of amides is 4. The number of esters is 1. The third kappa shape index (κ3) is 11.6. The third-order valence-corrected chi connectivity index (χ3v) is 5.32. The number of phenolic OH excluding ortho intramolecular Hbond substituents is 1. The SMILES string of the molecule is CCOC(=O)CCNC(=O)C(c1ccc(O)c(C)c1)N(CCO)C(=O)C(CCC(N)=O)NC(=O)OC(C)(C)C. The number of aliphatic hydroxyl groups is 1. The smallest absolute Gasteiger partial charge is 0.408 e. The molecule has 1 aromatic rings. The highest BCUT2D eigenvalue weighted by Gasteiger charge is 2.36. The molecule has 2 atom stereocenters. The van der Waals surface area contributed by atoms with E-state index in [1.54, 1.807) is 34.6 Å². The summed E-state index contributed by atoms with van der Waals surface area (Å²) in [5.74, 6) is -2.74. The van der Waals surface area contributed by atoms with Crippen molar-refractivity contribution in [3.63, 3.8) is 0 Å². The maximum Gasteiger partial charge on any atom is 0.408 e. The first-order valence-corrected chi connectivity index (χ1v) is 12.6. The van der Waals surface area contributed by atoms with Crippen molar-refractivity contribution in [2.45, 2.75) is 71.6 Å². The van der Waals surface area contributed by atoms with Crippen molar-refractivity contribution in [1.82, 2.24) is 15.5 Å². The van der Waals surface area contributed by atoms with Gasteiger partial charge in [-0.2, -0.15) is 0 Å². The van der Waals surface area contributed by atoms with Crippen LogP contribution in [0.4, 0.5) is 4.79 Å². The molecule has 13 nitrogen and oxygen atoms in total. The zero-order chi connectivity index (χ0) is 29.8. The van der Waals surface area contributed by atoms with Crippen LogP contribution in [0.25, 0.3) is 0 Å². The molecule has 13 heteroatoms. The minimum Gasteiger partial charge on any atom is -0.508 e. The van der Waals surface area contributed by atoms with Gasteiger partial charge in [0.1, 0.15) is 23.4 Å². The van der Waals surface area contributed by atoms with Gasteiger partial charge < -0.3 is 41.0 Å². The van der Waals surface area contributed by atoms with E-state index in [1.807, 2.05) is 0 Å². The Kier molecular flexibility index (Phi) is 13.2. The lowest BCUT2D eigenvalue weighted by atomic mass is 9.99. The number of rotatable bonds is 14. The molecule has 1 rings (SSSR count). The predicted molar refractivity (Wildman–Crippen MR) is 140 cm³/mol. The van der Waals surface area contributed by atoms with E-state index in [2.05, 4.69) is 10.6 Å². The lowest BCUT2D eigenvalue weighted by Gasteiger charge is -2.34. The molecular weight excluding hydrogens is 512 g/mol. The number of nitrogens with two attached hydrogens (primary N) is 1. The number of carbonyl (C=O) groups excluding carboxylic acids is 5. The van der Waals surface area contributed by atoms with Crippen LogP contribution < -0.4 is 16.4 Å². The molecule has 0 aliphatic rings. The fourth-order valence-corrected chi connectivity index (χ4v) is 3.61. The molecule has 4 amide bonds. The Labute approximate surface area is 228 Å². The van der Waals surface area contributed by atoms with Crippen LogP contribution in [0.2, 0.25) is 0 Å². The predicted octanol–water partition coefficient (Wildman–Crippen LogP) is 0.791. The van der Waals surface area contributed by atoms with Crippen LogP contribution in [0.15, 0.2) is 18.2 Å². The van der Waals surface area contributed by atoms with Crippen molar-refractivity contribution >= 4 is 29.8 Å². The van der Waals surface area contributed by atoms with Gasteiger partial charge >= 0.3 is 12.1 Å². The van der Waals surface area contributed by atoms with E-state index in [0.29, 0.717) is 11.1 Å². The number of phenols is 1. The van der Waals surface area contributed by atoms with Crippen molar-refractivity contribution in [3.8, 4) is 5.75 Å². The van der Waals surface area contributed by atoms with Crippen molar-refractivity contribution in [3.05, 3.63) is 29.3 Å². The summed E-state index contributed by atoms with van der Waals surface area (Å²) in [6.07, 6.45) is -1.49. The summed E-state index contributed by atoms with van der Waals surface area (Å²) in [5.41, 5.74) is 5.11. The minimum absolute atomic E-state index is 0.0359. The molecule has 6 N–H and O–H groups in total. The molecule has 0 aliphatic carbocycles. The monoisotopic (exact) mass is 552 g/mol. The molecule has 0 heterocycles. The molecule has 39 heavy (non-hydrogen) atoms. The summed E-state index contributed by atoms with van der Waals surface area (Å²) in [7, 11) is 0. The van der Waals surface area contributed by atoms with Crippen molar-refractivity contribution in [2.24, 2.45) is 5.73 Å². The number of aromatic hydroxyl groups is 1. The van der Waals surface area contributed by atoms with Crippen LogP contribution in [-0.2, 0) is 28.7 Å². The van der Waals surface area contributed by atoms with Crippen LogP contribution in [0, 0.1) is 6.92 Å². The summed E-state index contributed by atoms with van der Waals surface area (Å²) in [5, 5.41) is 24.8. The van der Waals surface area contributed by atoms with E-state index in [9.17, 15) is 34.2 Å². The van der Waals surface area contributed by atoms with E-state index in [4.69, 9.17) is 15.2 Å². The second-order valence-corrected chi connectivity index (χ2v) is 9.75. The van der Waals surface area contributed by atoms with Gasteiger partial charge in [0.05, 0.1) is 19.6 Å². The van der Waals surface area contributed by atoms with Gasteiger partial charge in [-0.3, -0.25) is 19.2 Å². The topological polar surface area (TPSA) is 198 Å². The van der Waals surface area contributed by atoms with Crippen LogP contribution in [0.1, 0.15) is 64.1 Å². The number of aliphatic hydroxyl groups excluding tert-OH is 1. The highest BCUT2D eigenvalue weighted by Crippen LogP contribution is 2.27. The Bertz CT molecular complexity index is 1020. The zero-order valence-electron chi connectivity index (χ0n) is 23.1. The number of benzene rings is 1. The number of carbonyl (C=O) groups is 5. The lowest BCUT2D eigenvalue weighted by Crippen LogP contribution is -2.54. The summed E-state index contributed by atoms with van der Waals surface area (Å²) in [6.45, 7) is 7.39. The Balaban J connectivity index is 3.42. The molecule has 0 aromatic heterocycles. The van der Waals surface area contributed by atoms with Crippen LogP contribution in [-0.4, -0.2) is 82.8 Å². The summed E-state index contributed by atoms with van der Waals surface area (Å²) < 4.78 is 10.1. The van der Waals surface area contributed by atoms with E-state index < -0.39 is 54.1 Å². The molecule has 1 aromatic carbocycles. The molecule has 0 spiro atoms. The Morgan fingerprint density at radius 3 is 2.33 bits per heavy atom. The van der Waals surface area contributed by atoms with Crippen LogP contribution >= 0.6 is 0 Å². The summed E-state index contributed by atoms with van der Waals surface area (Å²) in [6, 6.07) is 1.64. The number of ether oxygens (including phenoxy) is 2. The van der Waals surface area contributed by atoms with E-state index in [1.165, 1.54) is 18.2 Å². The van der Waals surface area contributed by atoms with Gasteiger partial charge in [-0.05, 0) is 64.3 Å². The number of nitrogens with zero attached hydrogens (tertiary/aromatic N) is 1. The van der Waals surface area contributed by atoms with Gasteiger partial charge in [0.15, 0.2) is 0 Å². The second kappa shape index (κ2) is 15.5. The van der Waals surface area contributed by atoms with Gasteiger partial charge in [-0.15, -0.1) is 0 Å². The molecule has 218 valence electrons. The minimum atomic E-state index is -1.33. The third-order valence-electron chi connectivity index (χ3n) is 5.32. The molecule has 0 radical (unpaired) electrons. The summed E-state index contributed by atoms with van der Waals surface area (Å²) >= 11 is 0. The molecule has 0 saturated carbocycles. The van der Waals surface area contributed by atoms with Gasteiger partial charge in [0, 0.05) is 19.5 Å². The van der Waals surface area contributed by atoms with Gasteiger partial charge in [0.25, 0.3) is 0 Å². The Morgan fingerprint density at radius 2 is 1.79 bits per heavy atom. The van der Waals surface area contributed by atoms with Crippen molar-refractivity contribution in [1.29, 1.82) is 0 Å². The fourth-order valence-electron chi connectivity index (χ4n) is 3.61. The number of hydrogen-bond acceptors (Lipinski definition) is 9. The largest absolute Gasteiger partial charge is 0.508 e. The van der Waals surface area contributed by atoms with Crippen molar-refractivity contribution in [2.75, 3.05) is 26.3 Å². The summed E-state index contributed by atoms with van der Waals surface area (Å²) in [4.78, 5) is 63.9. The lowest BCUT2D eigenvalue weighted by molar-refractivity contribution is -0.144. The number of aryl methyl sites for hydroxylation is 1. The Hall–Kier alpha value is -3.87. The van der Waals surface area contributed by atoms with Crippen LogP contribution in [0.5, 0.6) is 5.75 Å². The molecular formula is C26H40N4O9. The standard InChI is InChI=1S/C26H40N4O9/c1-6-38-21(34)11-12-28-23(35)22(17-7-9-19(32)16(2)15-17)30(13-14-31)24(36)18(8-10-20(27)33)29-25(37)39-26(3,4)5/h7,9,15,18,22,31-32H,6,8,10-14H2,1-5H3,(H2,27,33)(H,28,35)(H,29,37). The number of primary amides is 1. The zero-order valence-corrected chi connectivity index (χ0v) is 23.1. The van der Waals surface area contributed by atoms with Gasteiger partial charge in [-0.1, -0.05) is 6.07 Å². The van der Waals surface area contributed by atoms with Gasteiger partial charge in [-0.25, -0.2) is 4.79 Å². The Morgan fingerprint density at radius 1 is 1.13 bits per heavy atom. The molecule has 0 aliphatic heterocycles. The first-order chi connectivity index (χ1) is 18.2. The molecule has 0 fully saturated rings. The number of nitrogens with one attached hydrogen (secondary N) is 2. The molecule has 2 unspecified atom stereocenters. The van der Waals surface area contributed by atoms with Gasteiger partial charge in [0.2, 0.25) is 17.7 Å². The van der Waals surface area contributed by atoms with E-state index >= 15 is 0 Å². The number of hydrogen-bond donors (Lipinski definition) is 5. The quantitative estimate of drug-likeness (QED) is 0.207. The fraction of sp³-hybridized carbons (Fsp3) is 0.577. The average molecular weight is 553 g/mol. The first-order valence-electron chi connectivity index (χ1n) is 12.6. The maximum absolute atomic E-state index is 13.8. The van der Waals surface area contributed by atoms with E-state index in [0.717, 1.165) is 4.90 Å². The molecule has 0 saturated heterocycles.